The van der Waals surface area contributed by atoms with Crippen LogP contribution in [0.2, 0.25) is 0 Å². The summed E-state index contributed by atoms with van der Waals surface area (Å²) < 4.78 is 5.34. The summed E-state index contributed by atoms with van der Waals surface area (Å²) in [6, 6.07) is 20.3. The monoisotopic (exact) mass is 679 g/mol. The molecule has 1 aliphatic heterocycles. The molecule has 2 aliphatic rings. The van der Waals surface area contributed by atoms with Gasteiger partial charge in [-0.1, -0.05) is 36.4 Å². The predicted molar refractivity (Wildman–Crippen MR) is 191 cm³/mol. The summed E-state index contributed by atoms with van der Waals surface area (Å²) in [5.74, 6) is -1.08. The summed E-state index contributed by atoms with van der Waals surface area (Å²) in [7, 11) is 0. The van der Waals surface area contributed by atoms with Crippen molar-refractivity contribution < 1.29 is 29.0 Å². The minimum atomic E-state index is -0.974. The van der Waals surface area contributed by atoms with Crippen LogP contribution in [0.4, 0.5) is 10.5 Å². The number of alkyl carbamates (subject to hydrolysis) is 1. The van der Waals surface area contributed by atoms with E-state index in [9.17, 15) is 24.3 Å². The van der Waals surface area contributed by atoms with Crippen LogP contribution in [0.5, 0.6) is 0 Å². The maximum atomic E-state index is 13.8. The average Bonchev–Trinajstić information content (AvgIpc) is 3.63. The van der Waals surface area contributed by atoms with Gasteiger partial charge in [-0.25, -0.2) is 14.6 Å². The third-order valence-electron chi connectivity index (χ3n) is 9.15. The number of aliphatic imine (C=N–C) groups is 1. The van der Waals surface area contributed by atoms with E-state index >= 15 is 0 Å². The summed E-state index contributed by atoms with van der Waals surface area (Å²) >= 11 is 0. The first-order valence-corrected chi connectivity index (χ1v) is 17.1. The number of carboxylic acids is 1. The van der Waals surface area contributed by atoms with E-state index in [-0.39, 0.29) is 35.5 Å². The molecule has 1 fully saturated rings. The minimum Gasteiger partial charge on any atom is -0.478 e. The van der Waals surface area contributed by atoms with Crippen LogP contribution < -0.4 is 10.6 Å². The van der Waals surface area contributed by atoms with Crippen LogP contribution in [0.25, 0.3) is 11.1 Å². The van der Waals surface area contributed by atoms with Gasteiger partial charge >= 0.3 is 12.1 Å². The van der Waals surface area contributed by atoms with Crippen molar-refractivity contribution in [1.29, 1.82) is 0 Å². The number of carbonyl (C=O) groups excluding carboxylic acids is 3. The molecule has 0 spiro atoms. The molecule has 0 saturated heterocycles. The molecule has 11 heteroatoms. The highest BCUT2D eigenvalue weighted by atomic mass is 16.6. The maximum Gasteiger partial charge on any atom is 0.407 e. The molecule has 0 unspecified atom stereocenters. The number of amides is 2. The first kappa shape index (κ1) is 36.1. The molecule has 5 rings (SSSR count). The molecule has 3 aromatic rings. The number of azo groups is 1. The second-order valence-electron chi connectivity index (χ2n) is 14.1. The Kier molecular flexibility index (Phi) is 11.6. The van der Waals surface area contributed by atoms with E-state index in [1.807, 2.05) is 63.2 Å². The smallest absolute Gasteiger partial charge is 0.407 e. The summed E-state index contributed by atoms with van der Waals surface area (Å²) in [5.41, 5.74) is 4.33. The number of carboxylic acid groups (broad SMARTS) is 1. The highest BCUT2D eigenvalue weighted by Gasteiger charge is 2.31. The lowest BCUT2D eigenvalue weighted by molar-refractivity contribution is -0.129. The van der Waals surface area contributed by atoms with Gasteiger partial charge in [-0.2, -0.15) is 5.11 Å². The van der Waals surface area contributed by atoms with Crippen molar-refractivity contribution in [2.24, 2.45) is 33.0 Å². The van der Waals surface area contributed by atoms with Crippen LogP contribution in [-0.2, 0) is 20.7 Å². The van der Waals surface area contributed by atoms with Crippen LogP contribution in [0.15, 0.2) is 82.0 Å². The quantitative estimate of drug-likeness (QED) is 0.179. The molecular weight excluding hydrogens is 634 g/mol. The Bertz CT molecular complexity index is 1770. The zero-order valence-electron chi connectivity index (χ0n) is 29.1. The van der Waals surface area contributed by atoms with Gasteiger partial charge in [-0.15, -0.1) is 5.11 Å². The lowest BCUT2D eigenvalue weighted by Crippen LogP contribution is -2.37. The number of aryl methyl sites for hydroxylation is 1. The standard InChI is InChI=1S/C39H45N5O6/c1-24-5-10-30(20-33(24)37(47)48)27-11-6-25(7-12-27)19-31(36(46)43-32-17-15-29(16-18-32)35-41-23-42-44-35)21-34(45)28-13-8-26(9-14-28)22-40-38(49)50-39(2,3)4/h5-7,10-12,15-18,20,26,28,31H,8-9,13-14,19,21-23H2,1-4H3,(H,40,49)(H,43,46)(H,47,48)/t26?,28?,31-/m1/s1. The average molecular weight is 680 g/mol. The number of rotatable bonds is 12. The first-order chi connectivity index (χ1) is 23.8. The Hall–Kier alpha value is -5.19. The highest BCUT2D eigenvalue weighted by molar-refractivity contribution is 6.01. The zero-order valence-corrected chi connectivity index (χ0v) is 29.1. The molecule has 1 saturated carbocycles. The summed E-state index contributed by atoms with van der Waals surface area (Å²) in [4.78, 5) is 55.4. The number of carbonyl (C=O) groups is 4. The molecule has 1 heterocycles. The van der Waals surface area contributed by atoms with E-state index in [1.165, 1.54) is 0 Å². The number of hydrogen-bond acceptors (Lipinski definition) is 8. The van der Waals surface area contributed by atoms with E-state index in [0.717, 1.165) is 35.1 Å². The number of Topliss-reactive ketones (excluding diaryl/α,β-unsaturated/α-hetero) is 1. The lowest BCUT2D eigenvalue weighted by atomic mass is 9.77. The highest BCUT2D eigenvalue weighted by Crippen LogP contribution is 2.32. The number of nitrogens with zero attached hydrogens (tertiary/aromatic N) is 3. The summed E-state index contributed by atoms with van der Waals surface area (Å²) in [5, 5.41) is 23.3. The Balaban J connectivity index is 1.25. The number of benzene rings is 3. The van der Waals surface area contributed by atoms with Gasteiger partial charge in [0, 0.05) is 36.1 Å². The molecule has 0 bridgehead atoms. The molecule has 11 nitrogen and oxygen atoms in total. The van der Waals surface area contributed by atoms with Crippen LogP contribution in [-0.4, -0.2) is 53.5 Å². The van der Waals surface area contributed by atoms with E-state index in [4.69, 9.17) is 4.74 Å². The van der Waals surface area contributed by atoms with Crippen molar-refractivity contribution in [3.05, 3.63) is 89.0 Å². The number of hydrogen-bond donors (Lipinski definition) is 3. The number of nitrogens with one attached hydrogen (secondary N) is 2. The molecule has 1 atom stereocenters. The second kappa shape index (κ2) is 16.0. The molecule has 3 N–H and O–H groups in total. The summed E-state index contributed by atoms with van der Waals surface area (Å²) in [6.07, 6.45) is 3.06. The SMILES string of the molecule is Cc1ccc(-c2ccc(C[C@H](CC(=O)C3CCC(CNC(=O)OC(C)(C)C)CC3)C(=O)Nc3ccc(C4=NCN=N4)cc3)cc2)cc1C(=O)O. The number of amidine groups is 1. The van der Waals surface area contributed by atoms with E-state index < -0.39 is 23.6 Å². The largest absolute Gasteiger partial charge is 0.478 e. The van der Waals surface area contributed by atoms with Gasteiger partial charge in [-0.05, 0) is 118 Å². The Morgan fingerprint density at radius 1 is 0.900 bits per heavy atom. The van der Waals surface area contributed by atoms with Gasteiger partial charge in [-0.3, -0.25) is 9.59 Å². The Morgan fingerprint density at radius 2 is 1.56 bits per heavy atom. The Labute approximate surface area is 292 Å². The molecule has 0 aromatic heterocycles. The normalized spacial score (nSPS) is 17.8. The van der Waals surface area contributed by atoms with Crippen molar-refractivity contribution in [3.63, 3.8) is 0 Å². The van der Waals surface area contributed by atoms with Crippen molar-refractivity contribution in [2.45, 2.75) is 71.8 Å². The molecule has 50 heavy (non-hydrogen) atoms. The van der Waals surface area contributed by atoms with Crippen molar-refractivity contribution in [2.75, 3.05) is 18.5 Å². The van der Waals surface area contributed by atoms with Crippen molar-refractivity contribution >= 4 is 35.3 Å². The van der Waals surface area contributed by atoms with E-state index in [1.54, 1.807) is 31.2 Å². The molecule has 2 amide bonds. The number of aromatic carboxylic acids is 1. The van der Waals surface area contributed by atoms with Gasteiger partial charge < -0.3 is 20.5 Å². The lowest BCUT2D eigenvalue weighted by Gasteiger charge is -2.29. The topological polar surface area (TPSA) is 159 Å². The molecule has 0 radical (unpaired) electrons. The van der Waals surface area contributed by atoms with Gasteiger partial charge in [0.25, 0.3) is 0 Å². The minimum absolute atomic E-state index is 0.0705. The van der Waals surface area contributed by atoms with Crippen LogP contribution in [0.3, 0.4) is 0 Å². The van der Waals surface area contributed by atoms with Gasteiger partial charge in [0.15, 0.2) is 12.5 Å². The first-order valence-electron chi connectivity index (χ1n) is 17.1. The van der Waals surface area contributed by atoms with Gasteiger partial charge in [0.05, 0.1) is 5.56 Å². The molecule has 1 aliphatic carbocycles. The van der Waals surface area contributed by atoms with Crippen LogP contribution in [0, 0.1) is 24.7 Å². The number of ketones is 1. The van der Waals surface area contributed by atoms with E-state index in [2.05, 4.69) is 25.9 Å². The predicted octanol–water partition coefficient (Wildman–Crippen LogP) is 7.62. The fraction of sp³-hybridized carbons (Fsp3) is 0.410. The fourth-order valence-corrected chi connectivity index (χ4v) is 6.37. The molecule has 3 aromatic carbocycles. The number of ether oxygens (including phenoxy) is 1. The van der Waals surface area contributed by atoms with E-state index in [0.29, 0.717) is 49.6 Å². The molecule has 262 valence electrons. The summed E-state index contributed by atoms with van der Waals surface area (Å²) in [6.45, 7) is 8.06. The third kappa shape index (κ3) is 9.93. The Morgan fingerprint density at radius 3 is 2.18 bits per heavy atom. The second-order valence-corrected chi connectivity index (χ2v) is 14.1. The number of anilines is 1. The van der Waals surface area contributed by atoms with Crippen molar-refractivity contribution in [3.8, 4) is 11.1 Å². The fourth-order valence-electron chi connectivity index (χ4n) is 6.37. The van der Waals surface area contributed by atoms with Gasteiger partial charge in [0.2, 0.25) is 5.91 Å². The van der Waals surface area contributed by atoms with Gasteiger partial charge in [0.1, 0.15) is 11.4 Å². The third-order valence-corrected chi connectivity index (χ3v) is 9.15. The molecular formula is C39H45N5O6. The van der Waals surface area contributed by atoms with Crippen molar-refractivity contribution in [1.82, 2.24) is 5.32 Å². The van der Waals surface area contributed by atoms with Crippen LogP contribution in [0.1, 0.15) is 79.9 Å². The maximum absolute atomic E-state index is 13.8. The zero-order chi connectivity index (χ0) is 35.8. The van der Waals surface area contributed by atoms with Crippen LogP contribution >= 0.6 is 0 Å².